The number of rotatable bonds is 7. The van der Waals surface area contributed by atoms with Gasteiger partial charge in [-0.05, 0) is 27.2 Å². The van der Waals surface area contributed by atoms with Gasteiger partial charge in [-0.15, -0.1) is 0 Å². The monoisotopic (exact) mass is 268 g/mol. The summed E-state index contributed by atoms with van der Waals surface area (Å²) in [7, 11) is 0. The highest BCUT2D eigenvalue weighted by Crippen LogP contribution is 2.27. The Morgan fingerprint density at radius 1 is 1.47 bits per heavy atom. The molecule has 19 heavy (non-hydrogen) atoms. The fourth-order valence-corrected chi connectivity index (χ4v) is 1.99. The molecule has 0 saturated carbocycles. The van der Waals surface area contributed by atoms with Crippen molar-refractivity contribution >= 4 is 5.97 Å². The number of carbonyl (C=O) groups excluding carboxylic acids is 1. The van der Waals surface area contributed by atoms with Crippen molar-refractivity contribution in [3.05, 3.63) is 18.0 Å². The SMILES string of the molecule is CCCC(C(=O)OCC)C(O)c1cnn(C(C)C)c1. The molecule has 2 unspecified atom stereocenters. The van der Waals surface area contributed by atoms with E-state index in [1.54, 1.807) is 24.0 Å². The highest BCUT2D eigenvalue weighted by atomic mass is 16.5. The summed E-state index contributed by atoms with van der Waals surface area (Å²) in [5, 5.41) is 14.5. The van der Waals surface area contributed by atoms with Gasteiger partial charge in [0.15, 0.2) is 0 Å². The lowest BCUT2D eigenvalue weighted by molar-refractivity contribution is -0.152. The third-order valence-corrected chi connectivity index (χ3v) is 3.06. The standard InChI is InChI=1S/C14H24N2O3/c1-5-7-12(14(18)19-6-2)13(17)11-8-15-16(9-11)10(3)4/h8-10,12-13,17H,5-7H2,1-4H3. The van der Waals surface area contributed by atoms with E-state index in [4.69, 9.17) is 4.74 Å². The third-order valence-electron chi connectivity index (χ3n) is 3.06. The average molecular weight is 268 g/mol. The lowest BCUT2D eigenvalue weighted by Crippen LogP contribution is -2.24. The Balaban J connectivity index is 2.85. The minimum absolute atomic E-state index is 0.230. The van der Waals surface area contributed by atoms with Crippen LogP contribution in [-0.4, -0.2) is 27.5 Å². The van der Waals surface area contributed by atoms with Gasteiger partial charge in [0, 0.05) is 17.8 Å². The van der Waals surface area contributed by atoms with Crippen LogP contribution in [0.3, 0.4) is 0 Å². The summed E-state index contributed by atoms with van der Waals surface area (Å²) >= 11 is 0. The van der Waals surface area contributed by atoms with Crippen LogP contribution in [0.25, 0.3) is 0 Å². The molecular formula is C14H24N2O3. The normalized spacial score (nSPS) is 14.4. The van der Waals surface area contributed by atoms with Crippen LogP contribution in [0.5, 0.6) is 0 Å². The molecule has 108 valence electrons. The van der Waals surface area contributed by atoms with Gasteiger partial charge >= 0.3 is 5.97 Å². The summed E-state index contributed by atoms with van der Waals surface area (Å²) in [6.45, 7) is 8.10. The number of aliphatic hydroxyl groups is 1. The molecule has 0 aliphatic rings. The van der Waals surface area contributed by atoms with E-state index in [0.717, 1.165) is 6.42 Å². The molecule has 0 spiro atoms. The number of carbonyl (C=O) groups is 1. The molecule has 0 amide bonds. The van der Waals surface area contributed by atoms with Crippen LogP contribution in [-0.2, 0) is 9.53 Å². The van der Waals surface area contributed by atoms with Crippen LogP contribution in [0.2, 0.25) is 0 Å². The fourth-order valence-electron chi connectivity index (χ4n) is 1.99. The maximum atomic E-state index is 11.9. The topological polar surface area (TPSA) is 64.3 Å². The molecule has 0 aliphatic carbocycles. The first-order chi connectivity index (χ1) is 9.01. The van der Waals surface area contributed by atoms with Crippen molar-refractivity contribution in [2.24, 2.45) is 5.92 Å². The zero-order valence-electron chi connectivity index (χ0n) is 12.2. The van der Waals surface area contributed by atoms with Crippen LogP contribution in [0.4, 0.5) is 0 Å². The number of esters is 1. The van der Waals surface area contributed by atoms with Crippen molar-refractivity contribution in [2.75, 3.05) is 6.61 Å². The van der Waals surface area contributed by atoms with E-state index in [1.165, 1.54) is 0 Å². The van der Waals surface area contributed by atoms with Gasteiger partial charge < -0.3 is 9.84 Å². The summed E-state index contributed by atoms with van der Waals surface area (Å²) in [4.78, 5) is 11.9. The van der Waals surface area contributed by atoms with Crippen molar-refractivity contribution in [1.29, 1.82) is 0 Å². The average Bonchev–Trinajstić information content (AvgIpc) is 2.85. The van der Waals surface area contributed by atoms with Crippen molar-refractivity contribution < 1.29 is 14.6 Å². The molecule has 0 bridgehead atoms. The van der Waals surface area contributed by atoms with E-state index in [1.807, 2.05) is 20.8 Å². The van der Waals surface area contributed by atoms with Gasteiger partial charge in [-0.1, -0.05) is 13.3 Å². The molecule has 2 atom stereocenters. The fraction of sp³-hybridized carbons (Fsp3) is 0.714. The van der Waals surface area contributed by atoms with Gasteiger partial charge in [0.2, 0.25) is 0 Å². The Kier molecular flexibility index (Phi) is 6.02. The summed E-state index contributed by atoms with van der Waals surface area (Å²) in [6, 6.07) is 0.230. The molecule has 0 saturated heterocycles. The van der Waals surface area contributed by atoms with E-state index in [2.05, 4.69) is 5.10 Å². The quantitative estimate of drug-likeness (QED) is 0.772. The zero-order chi connectivity index (χ0) is 14.4. The first kappa shape index (κ1) is 15.7. The van der Waals surface area contributed by atoms with Crippen LogP contribution in [0.15, 0.2) is 12.4 Å². The second kappa shape index (κ2) is 7.28. The molecule has 1 rings (SSSR count). The zero-order valence-corrected chi connectivity index (χ0v) is 12.2. The van der Waals surface area contributed by atoms with E-state index < -0.39 is 12.0 Å². The minimum Gasteiger partial charge on any atom is -0.466 e. The van der Waals surface area contributed by atoms with Crippen molar-refractivity contribution in [3.63, 3.8) is 0 Å². The van der Waals surface area contributed by atoms with E-state index in [0.29, 0.717) is 18.6 Å². The Hall–Kier alpha value is -1.36. The molecule has 0 aromatic carbocycles. The van der Waals surface area contributed by atoms with Crippen LogP contribution in [0.1, 0.15) is 58.2 Å². The second-order valence-corrected chi connectivity index (χ2v) is 4.94. The summed E-state index contributed by atoms with van der Waals surface area (Å²) in [6.07, 6.45) is 3.97. The molecule has 1 N–H and O–H groups in total. The summed E-state index contributed by atoms with van der Waals surface area (Å²) in [5.41, 5.74) is 0.667. The van der Waals surface area contributed by atoms with Crippen LogP contribution >= 0.6 is 0 Å². The van der Waals surface area contributed by atoms with Gasteiger partial charge in [0.1, 0.15) is 0 Å². The summed E-state index contributed by atoms with van der Waals surface area (Å²) in [5.74, 6) is -0.857. The Morgan fingerprint density at radius 2 is 2.16 bits per heavy atom. The number of aromatic nitrogens is 2. The highest BCUT2D eigenvalue weighted by molar-refractivity contribution is 5.73. The maximum absolute atomic E-state index is 11.9. The summed E-state index contributed by atoms with van der Waals surface area (Å²) < 4.78 is 6.80. The highest BCUT2D eigenvalue weighted by Gasteiger charge is 2.29. The largest absolute Gasteiger partial charge is 0.466 e. The Bertz CT molecular complexity index is 401. The number of aliphatic hydroxyl groups excluding tert-OH is 1. The van der Waals surface area contributed by atoms with Gasteiger partial charge in [-0.2, -0.15) is 5.10 Å². The molecule has 5 heteroatoms. The number of hydrogen-bond donors (Lipinski definition) is 1. The predicted octanol–water partition coefficient (Wildman–Crippen LogP) is 2.48. The van der Waals surface area contributed by atoms with Crippen LogP contribution in [0, 0.1) is 5.92 Å². The Morgan fingerprint density at radius 3 is 2.63 bits per heavy atom. The first-order valence-corrected chi connectivity index (χ1v) is 6.89. The lowest BCUT2D eigenvalue weighted by Gasteiger charge is -2.19. The van der Waals surface area contributed by atoms with Crippen molar-refractivity contribution in [3.8, 4) is 0 Å². The first-order valence-electron chi connectivity index (χ1n) is 6.89. The van der Waals surface area contributed by atoms with Gasteiger partial charge in [-0.3, -0.25) is 9.48 Å². The molecule has 0 aliphatic heterocycles. The Labute approximate surface area is 114 Å². The number of nitrogens with zero attached hydrogens (tertiary/aromatic N) is 2. The molecule has 0 radical (unpaired) electrons. The molecule has 1 aromatic rings. The molecule has 1 aromatic heterocycles. The smallest absolute Gasteiger partial charge is 0.311 e. The molecule has 0 fully saturated rings. The van der Waals surface area contributed by atoms with E-state index >= 15 is 0 Å². The predicted molar refractivity (Wildman–Crippen MR) is 72.6 cm³/mol. The van der Waals surface area contributed by atoms with Gasteiger partial charge in [0.25, 0.3) is 0 Å². The number of hydrogen-bond acceptors (Lipinski definition) is 4. The second-order valence-electron chi connectivity index (χ2n) is 4.94. The van der Waals surface area contributed by atoms with Crippen molar-refractivity contribution in [2.45, 2.75) is 52.7 Å². The molecule has 1 heterocycles. The van der Waals surface area contributed by atoms with E-state index in [-0.39, 0.29) is 12.0 Å². The van der Waals surface area contributed by atoms with Crippen LogP contribution < -0.4 is 0 Å². The molecular weight excluding hydrogens is 244 g/mol. The maximum Gasteiger partial charge on any atom is 0.311 e. The van der Waals surface area contributed by atoms with Crippen molar-refractivity contribution in [1.82, 2.24) is 9.78 Å². The minimum atomic E-state index is -0.855. The van der Waals surface area contributed by atoms with E-state index in [9.17, 15) is 9.90 Å². The van der Waals surface area contributed by atoms with Gasteiger partial charge in [0.05, 0.1) is 24.8 Å². The lowest BCUT2D eigenvalue weighted by atomic mass is 9.93. The van der Waals surface area contributed by atoms with Gasteiger partial charge in [-0.25, -0.2) is 0 Å². The third kappa shape index (κ3) is 4.06. The number of ether oxygens (including phenoxy) is 1. The molecule has 5 nitrogen and oxygen atoms in total.